The Morgan fingerprint density at radius 3 is 3.05 bits per heavy atom. The fraction of sp³-hybridized carbons (Fsp3) is 0.312. The lowest BCUT2D eigenvalue weighted by Gasteiger charge is -2.26. The largest absolute Gasteiger partial charge is 0.493 e. The highest BCUT2D eigenvalue weighted by Gasteiger charge is 2.21. The van der Waals surface area contributed by atoms with E-state index in [-0.39, 0.29) is 6.04 Å². The number of ether oxygens (including phenoxy) is 1. The fourth-order valence-electron chi connectivity index (χ4n) is 2.46. The minimum Gasteiger partial charge on any atom is -0.493 e. The summed E-state index contributed by atoms with van der Waals surface area (Å²) in [6, 6.07) is 12.0. The van der Waals surface area contributed by atoms with Gasteiger partial charge in [0.1, 0.15) is 11.5 Å². The molecule has 1 aliphatic heterocycles. The number of para-hydroxylation sites is 1. The molecule has 5 heteroatoms. The van der Waals surface area contributed by atoms with Crippen LogP contribution in [-0.4, -0.2) is 19.1 Å². The molecule has 0 bridgehead atoms. The quantitative estimate of drug-likeness (QED) is 0.667. The lowest BCUT2D eigenvalue weighted by molar-refractivity contribution is 0.262. The molecule has 0 fully saturated rings. The van der Waals surface area contributed by atoms with Crippen molar-refractivity contribution in [3.8, 4) is 5.75 Å². The van der Waals surface area contributed by atoms with Crippen LogP contribution in [0, 0.1) is 0 Å². The van der Waals surface area contributed by atoms with Crippen molar-refractivity contribution in [2.75, 3.05) is 13.2 Å². The van der Waals surface area contributed by atoms with Gasteiger partial charge in [-0.1, -0.05) is 18.2 Å². The van der Waals surface area contributed by atoms with Gasteiger partial charge in [0.15, 0.2) is 5.96 Å². The van der Waals surface area contributed by atoms with Gasteiger partial charge >= 0.3 is 0 Å². The van der Waals surface area contributed by atoms with Crippen LogP contribution in [0.5, 0.6) is 5.75 Å². The number of hydrogen-bond acceptors (Lipinski definition) is 3. The molecule has 0 radical (unpaired) electrons. The van der Waals surface area contributed by atoms with Gasteiger partial charge in [-0.05, 0) is 18.2 Å². The third kappa shape index (κ3) is 3.37. The standard InChI is InChI=1S/C16H19N3O2/c17-16(18-9-7-12-4-3-10-20-12)19-14-8-11-21-15-6-2-1-5-13(14)15/h1-6,10,14H,7-9,11H2,(H3,17,18,19). The molecule has 2 aromatic rings. The van der Waals surface area contributed by atoms with Crippen molar-refractivity contribution in [1.29, 1.82) is 0 Å². The van der Waals surface area contributed by atoms with Crippen molar-refractivity contribution < 1.29 is 9.15 Å². The second kappa shape index (κ2) is 6.35. The third-order valence-corrected chi connectivity index (χ3v) is 3.50. The molecule has 0 saturated carbocycles. The summed E-state index contributed by atoms with van der Waals surface area (Å²) in [5.74, 6) is 2.30. The highest BCUT2D eigenvalue weighted by atomic mass is 16.5. The Morgan fingerprint density at radius 1 is 1.29 bits per heavy atom. The van der Waals surface area contributed by atoms with Gasteiger partial charge in [-0.15, -0.1) is 0 Å². The number of nitrogens with one attached hydrogen (secondary N) is 1. The molecule has 3 rings (SSSR count). The molecule has 0 spiro atoms. The van der Waals surface area contributed by atoms with Crippen molar-refractivity contribution in [3.05, 3.63) is 54.0 Å². The van der Waals surface area contributed by atoms with Crippen molar-refractivity contribution >= 4 is 5.96 Å². The molecule has 21 heavy (non-hydrogen) atoms. The summed E-state index contributed by atoms with van der Waals surface area (Å²) in [4.78, 5) is 4.35. The van der Waals surface area contributed by atoms with E-state index in [4.69, 9.17) is 14.9 Å². The summed E-state index contributed by atoms with van der Waals surface area (Å²) in [7, 11) is 0. The summed E-state index contributed by atoms with van der Waals surface area (Å²) in [5, 5.41) is 3.27. The molecule has 5 nitrogen and oxygen atoms in total. The molecule has 1 aromatic carbocycles. The van der Waals surface area contributed by atoms with Crippen LogP contribution in [0.2, 0.25) is 0 Å². The number of hydrogen-bond donors (Lipinski definition) is 2. The summed E-state index contributed by atoms with van der Waals surface area (Å²) < 4.78 is 10.9. The van der Waals surface area contributed by atoms with Crippen LogP contribution < -0.4 is 15.8 Å². The molecule has 0 saturated heterocycles. The van der Waals surface area contributed by atoms with Gasteiger partial charge in [0, 0.05) is 24.9 Å². The van der Waals surface area contributed by atoms with Crippen LogP contribution in [0.1, 0.15) is 23.8 Å². The molecule has 1 aliphatic rings. The first-order valence-corrected chi connectivity index (χ1v) is 7.13. The van der Waals surface area contributed by atoms with Crippen LogP contribution in [0.4, 0.5) is 0 Å². The monoisotopic (exact) mass is 285 g/mol. The first-order valence-electron chi connectivity index (χ1n) is 7.13. The zero-order valence-electron chi connectivity index (χ0n) is 11.8. The van der Waals surface area contributed by atoms with Gasteiger partial charge < -0.3 is 20.2 Å². The van der Waals surface area contributed by atoms with Gasteiger partial charge in [-0.25, -0.2) is 0 Å². The van der Waals surface area contributed by atoms with E-state index >= 15 is 0 Å². The van der Waals surface area contributed by atoms with Gasteiger partial charge in [0.05, 0.1) is 18.9 Å². The Morgan fingerprint density at radius 2 is 2.19 bits per heavy atom. The molecule has 1 atom stereocenters. The number of nitrogens with zero attached hydrogens (tertiary/aromatic N) is 1. The Kier molecular flexibility index (Phi) is 4.09. The first-order chi connectivity index (χ1) is 10.3. The average molecular weight is 285 g/mol. The van der Waals surface area contributed by atoms with Crippen LogP contribution in [0.25, 0.3) is 0 Å². The number of guanidine groups is 1. The Balaban J connectivity index is 1.59. The van der Waals surface area contributed by atoms with Crippen LogP contribution in [-0.2, 0) is 6.42 Å². The maximum Gasteiger partial charge on any atom is 0.189 e. The summed E-state index contributed by atoms with van der Waals surface area (Å²) in [6.45, 7) is 1.30. The van der Waals surface area contributed by atoms with Crippen LogP contribution >= 0.6 is 0 Å². The molecule has 2 heterocycles. The van der Waals surface area contributed by atoms with Gasteiger partial charge in [0.25, 0.3) is 0 Å². The van der Waals surface area contributed by atoms with E-state index < -0.39 is 0 Å². The van der Waals surface area contributed by atoms with E-state index in [1.54, 1.807) is 6.26 Å². The van der Waals surface area contributed by atoms with Crippen LogP contribution in [0.3, 0.4) is 0 Å². The lowest BCUT2D eigenvalue weighted by Crippen LogP contribution is -2.37. The van der Waals surface area contributed by atoms with E-state index in [1.807, 2.05) is 30.3 Å². The highest BCUT2D eigenvalue weighted by molar-refractivity contribution is 5.78. The molecule has 1 unspecified atom stereocenters. The second-order valence-electron chi connectivity index (χ2n) is 4.97. The van der Waals surface area contributed by atoms with Gasteiger partial charge in [-0.3, -0.25) is 4.99 Å². The maximum atomic E-state index is 5.97. The lowest BCUT2D eigenvalue weighted by atomic mass is 10.0. The third-order valence-electron chi connectivity index (χ3n) is 3.50. The molecule has 0 aliphatic carbocycles. The predicted octanol–water partition coefficient (Wildman–Crippen LogP) is 2.25. The van der Waals surface area contributed by atoms with E-state index in [9.17, 15) is 0 Å². The SMILES string of the molecule is NC(=NCCc1ccco1)NC1CCOc2ccccc21. The zero-order valence-corrected chi connectivity index (χ0v) is 11.8. The maximum absolute atomic E-state index is 5.97. The van der Waals surface area contributed by atoms with Gasteiger partial charge in [0.2, 0.25) is 0 Å². The van der Waals surface area contributed by atoms with E-state index in [0.717, 1.165) is 29.9 Å². The minimum absolute atomic E-state index is 0.155. The molecule has 3 N–H and O–H groups in total. The Labute approximate surface area is 123 Å². The van der Waals surface area contributed by atoms with E-state index in [1.165, 1.54) is 0 Å². The van der Waals surface area contributed by atoms with Crippen LogP contribution in [0.15, 0.2) is 52.1 Å². The summed E-state index contributed by atoms with van der Waals surface area (Å²) in [5.41, 5.74) is 7.10. The summed E-state index contributed by atoms with van der Waals surface area (Å²) in [6.07, 6.45) is 3.30. The van der Waals surface area contributed by atoms with Gasteiger partial charge in [-0.2, -0.15) is 0 Å². The molecule has 1 aromatic heterocycles. The number of fused-ring (bicyclic) bond motifs is 1. The van der Waals surface area contributed by atoms with Crippen molar-refractivity contribution in [3.63, 3.8) is 0 Å². The first kappa shape index (κ1) is 13.5. The number of benzene rings is 1. The van der Waals surface area contributed by atoms with Crippen molar-refractivity contribution in [2.45, 2.75) is 18.9 Å². The van der Waals surface area contributed by atoms with E-state index in [2.05, 4.69) is 16.4 Å². The fourth-order valence-corrected chi connectivity index (χ4v) is 2.46. The number of furan rings is 1. The summed E-state index contributed by atoms with van der Waals surface area (Å²) >= 11 is 0. The molecule has 0 amide bonds. The average Bonchev–Trinajstić information content (AvgIpc) is 3.01. The molecule has 110 valence electrons. The Bertz CT molecular complexity index is 608. The number of nitrogens with two attached hydrogens (primary N) is 1. The predicted molar refractivity (Wildman–Crippen MR) is 81.3 cm³/mol. The highest BCUT2D eigenvalue weighted by Crippen LogP contribution is 2.31. The Hall–Kier alpha value is -2.43. The van der Waals surface area contributed by atoms with E-state index in [0.29, 0.717) is 19.1 Å². The second-order valence-corrected chi connectivity index (χ2v) is 4.97. The smallest absolute Gasteiger partial charge is 0.189 e. The zero-order chi connectivity index (χ0) is 14.5. The normalized spacial score (nSPS) is 17.9. The topological polar surface area (TPSA) is 72.8 Å². The number of aliphatic imine (C=N–C) groups is 1. The van der Waals surface area contributed by atoms with Crippen molar-refractivity contribution in [2.24, 2.45) is 10.7 Å². The molecular weight excluding hydrogens is 266 g/mol. The van der Waals surface area contributed by atoms with Crippen molar-refractivity contribution in [1.82, 2.24) is 5.32 Å². The minimum atomic E-state index is 0.155. The molecular formula is C16H19N3O2. The number of rotatable bonds is 4.